The number of fused-ring (bicyclic) bond motifs is 1. The molecule has 0 saturated carbocycles. The highest BCUT2D eigenvalue weighted by Gasteiger charge is 2.52. The van der Waals surface area contributed by atoms with E-state index in [9.17, 15) is 13.2 Å². The van der Waals surface area contributed by atoms with Crippen molar-refractivity contribution in [1.82, 2.24) is 10.3 Å². The number of hydrogen-bond donors (Lipinski definition) is 1. The Hall–Kier alpha value is -3.09. The number of pyridine rings is 1. The van der Waals surface area contributed by atoms with Crippen LogP contribution in [-0.2, 0) is 19.3 Å². The number of benzene rings is 1. The van der Waals surface area contributed by atoms with Gasteiger partial charge in [0.05, 0.1) is 35.8 Å². The molecule has 0 radical (unpaired) electrons. The van der Waals surface area contributed by atoms with Gasteiger partial charge in [0, 0.05) is 48.8 Å². The smallest absolute Gasteiger partial charge is 0.481 e. The van der Waals surface area contributed by atoms with Crippen molar-refractivity contribution in [2.24, 2.45) is 0 Å². The lowest BCUT2D eigenvalue weighted by Gasteiger charge is -2.32. The number of hydrogen-bond acceptors (Lipinski definition) is 8. The van der Waals surface area contributed by atoms with Crippen LogP contribution < -0.4 is 19.8 Å². The van der Waals surface area contributed by atoms with Crippen molar-refractivity contribution in [2.45, 2.75) is 38.9 Å². The number of carbonyl (C=O) groups is 1. The third-order valence-electron chi connectivity index (χ3n) is 6.84. The predicted octanol–water partition coefficient (Wildman–Crippen LogP) is 2.56. The lowest BCUT2D eigenvalue weighted by molar-refractivity contribution is 0.00578. The minimum Gasteiger partial charge on any atom is -0.481 e. The van der Waals surface area contributed by atoms with E-state index < -0.39 is 28.3 Å². The molecule has 36 heavy (non-hydrogen) atoms. The molecule has 12 heteroatoms. The summed E-state index contributed by atoms with van der Waals surface area (Å²) in [5, 5.41) is 3.14. The number of nitrogens with one attached hydrogen (secondary N) is 1. The molecular formula is C24H30BN3O7S. The molecule has 3 aromatic rings. The van der Waals surface area contributed by atoms with E-state index in [1.807, 2.05) is 27.7 Å². The van der Waals surface area contributed by atoms with Crippen molar-refractivity contribution in [2.75, 3.05) is 31.8 Å². The Morgan fingerprint density at radius 1 is 1.14 bits per heavy atom. The van der Waals surface area contributed by atoms with Crippen LogP contribution in [0.5, 0.6) is 5.88 Å². The fourth-order valence-corrected chi connectivity index (χ4v) is 4.46. The fraction of sp³-hybridized carbons (Fsp3) is 0.417. The maximum atomic E-state index is 13.0. The van der Waals surface area contributed by atoms with Gasteiger partial charge in [0.25, 0.3) is 5.91 Å². The van der Waals surface area contributed by atoms with Crippen LogP contribution in [-0.4, -0.2) is 65.1 Å². The molecule has 1 aliphatic rings. The first-order valence-corrected chi connectivity index (χ1v) is 13.2. The van der Waals surface area contributed by atoms with Gasteiger partial charge in [0.15, 0.2) is 0 Å². The van der Waals surface area contributed by atoms with Crippen molar-refractivity contribution in [1.29, 1.82) is 0 Å². The molecule has 1 aliphatic heterocycles. The van der Waals surface area contributed by atoms with Crippen LogP contribution in [0, 0.1) is 0 Å². The topological polar surface area (TPSA) is 120 Å². The number of carbonyl (C=O) groups excluding carboxylic acids is 1. The zero-order valence-corrected chi connectivity index (χ0v) is 22.4. The monoisotopic (exact) mass is 515 g/mol. The van der Waals surface area contributed by atoms with E-state index >= 15 is 0 Å². The summed E-state index contributed by atoms with van der Waals surface area (Å²) < 4.78 is 50.0. The summed E-state index contributed by atoms with van der Waals surface area (Å²) >= 11 is 0. The number of anilines is 1. The normalized spacial score (nSPS) is 16.8. The quantitative estimate of drug-likeness (QED) is 0.498. The zero-order valence-electron chi connectivity index (χ0n) is 21.6. The molecule has 3 heterocycles. The largest absolute Gasteiger partial charge is 0.497 e. The number of ether oxygens (including phenoxy) is 1. The molecule has 1 amide bonds. The highest BCUT2D eigenvalue weighted by atomic mass is 32.2. The standard InChI is InChI=1S/C24H30BN3O7S/c1-23(2)24(3,4)35-25(34-23)16-11-15-18(12-17(16)28(6)36(8,30)31)33-21(20(15)22(29)26-5)14-9-10-19(32-7)27-13-14/h9-13H,1-8H3,(H,26,29). The van der Waals surface area contributed by atoms with Crippen LogP contribution in [0.15, 0.2) is 34.9 Å². The van der Waals surface area contributed by atoms with Gasteiger partial charge in [-0.15, -0.1) is 0 Å². The first-order valence-electron chi connectivity index (χ1n) is 11.3. The number of methoxy groups -OCH3 is 1. The Morgan fingerprint density at radius 3 is 2.28 bits per heavy atom. The van der Waals surface area contributed by atoms with E-state index in [0.29, 0.717) is 39.3 Å². The van der Waals surface area contributed by atoms with Crippen LogP contribution in [0.2, 0.25) is 0 Å². The Kier molecular flexibility index (Phi) is 6.34. The molecule has 1 N–H and O–H groups in total. The molecular weight excluding hydrogens is 485 g/mol. The number of furan rings is 1. The maximum Gasteiger partial charge on any atom is 0.497 e. The van der Waals surface area contributed by atoms with Crippen molar-refractivity contribution >= 4 is 45.2 Å². The second-order valence-electron chi connectivity index (χ2n) is 9.70. The molecule has 0 spiro atoms. The molecule has 0 bridgehead atoms. The summed E-state index contributed by atoms with van der Waals surface area (Å²) in [6.07, 6.45) is 2.65. The van der Waals surface area contributed by atoms with Crippen LogP contribution in [0.4, 0.5) is 5.69 Å². The minimum atomic E-state index is -3.64. The number of amides is 1. The Balaban J connectivity index is 2.00. The van der Waals surface area contributed by atoms with Crippen molar-refractivity contribution in [3.8, 4) is 17.2 Å². The second kappa shape index (κ2) is 8.79. The van der Waals surface area contributed by atoms with Gasteiger partial charge in [-0.25, -0.2) is 13.4 Å². The average molecular weight is 515 g/mol. The van der Waals surface area contributed by atoms with Gasteiger partial charge in [-0.3, -0.25) is 9.10 Å². The summed E-state index contributed by atoms with van der Waals surface area (Å²) in [6.45, 7) is 7.64. The highest BCUT2D eigenvalue weighted by molar-refractivity contribution is 7.92. The van der Waals surface area contributed by atoms with E-state index in [-0.39, 0.29) is 11.5 Å². The number of nitrogens with zero attached hydrogens (tertiary/aromatic N) is 2. The second-order valence-corrected chi connectivity index (χ2v) is 11.7. The minimum absolute atomic E-state index is 0.283. The first kappa shape index (κ1) is 26.0. The van der Waals surface area contributed by atoms with E-state index in [1.165, 1.54) is 21.2 Å². The van der Waals surface area contributed by atoms with Crippen molar-refractivity contribution < 1.29 is 31.7 Å². The average Bonchev–Trinajstić information content (AvgIpc) is 3.29. The third kappa shape index (κ3) is 4.33. The Bertz CT molecular complexity index is 1420. The molecule has 0 atom stereocenters. The van der Waals surface area contributed by atoms with Crippen molar-refractivity contribution in [3.63, 3.8) is 0 Å². The molecule has 0 unspecified atom stereocenters. The lowest BCUT2D eigenvalue weighted by Crippen LogP contribution is -2.41. The number of rotatable bonds is 6. The fourth-order valence-electron chi connectivity index (χ4n) is 3.95. The Labute approximate surface area is 211 Å². The molecule has 192 valence electrons. The molecule has 2 aromatic heterocycles. The van der Waals surface area contributed by atoms with E-state index in [1.54, 1.807) is 30.5 Å². The predicted molar refractivity (Wildman–Crippen MR) is 138 cm³/mol. The number of sulfonamides is 1. The molecule has 1 aromatic carbocycles. The lowest BCUT2D eigenvalue weighted by atomic mass is 9.77. The summed E-state index contributed by atoms with van der Waals surface area (Å²) in [5.74, 6) is 0.332. The van der Waals surface area contributed by atoms with Gasteiger partial charge in [0.2, 0.25) is 15.9 Å². The van der Waals surface area contributed by atoms with Gasteiger partial charge in [-0.1, -0.05) is 0 Å². The summed E-state index contributed by atoms with van der Waals surface area (Å²) in [6, 6.07) is 6.68. The van der Waals surface area contributed by atoms with Crippen LogP contribution in [0.1, 0.15) is 38.1 Å². The van der Waals surface area contributed by atoms with E-state index in [0.717, 1.165) is 10.6 Å². The molecule has 0 aliphatic carbocycles. The SMILES string of the molecule is CNC(=O)c1c(-c2ccc(OC)nc2)oc2cc(N(C)S(C)(=O)=O)c(B3OC(C)(C)C(C)(C)O3)cc12. The van der Waals surface area contributed by atoms with E-state index in [2.05, 4.69) is 10.3 Å². The summed E-state index contributed by atoms with van der Waals surface area (Å²) in [5.41, 5.74) is 0.623. The van der Waals surface area contributed by atoms with Crippen LogP contribution in [0.3, 0.4) is 0 Å². The van der Waals surface area contributed by atoms with E-state index in [4.69, 9.17) is 18.5 Å². The van der Waals surface area contributed by atoms with Gasteiger partial charge >= 0.3 is 7.12 Å². The van der Waals surface area contributed by atoms with Crippen LogP contribution in [0.25, 0.3) is 22.3 Å². The first-order chi connectivity index (χ1) is 16.7. The summed E-state index contributed by atoms with van der Waals surface area (Å²) in [7, 11) is -0.0358. The highest BCUT2D eigenvalue weighted by Crippen LogP contribution is 2.40. The zero-order chi connectivity index (χ0) is 26.6. The molecule has 10 nitrogen and oxygen atoms in total. The summed E-state index contributed by atoms with van der Waals surface area (Å²) in [4.78, 5) is 17.3. The molecule has 1 fully saturated rings. The maximum absolute atomic E-state index is 13.0. The van der Waals surface area contributed by atoms with Crippen LogP contribution >= 0.6 is 0 Å². The molecule has 4 rings (SSSR count). The third-order valence-corrected chi connectivity index (χ3v) is 8.03. The van der Waals surface area contributed by atoms with Gasteiger partial charge in [0.1, 0.15) is 11.3 Å². The van der Waals surface area contributed by atoms with Crippen molar-refractivity contribution in [3.05, 3.63) is 36.0 Å². The number of aromatic nitrogens is 1. The Morgan fingerprint density at radius 2 is 1.78 bits per heavy atom. The molecule has 1 saturated heterocycles. The van der Waals surface area contributed by atoms with Gasteiger partial charge in [-0.2, -0.15) is 0 Å². The van der Waals surface area contributed by atoms with Gasteiger partial charge in [-0.05, 0) is 39.8 Å². The van der Waals surface area contributed by atoms with Gasteiger partial charge < -0.3 is 23.8 Å².